The summed E-state index contributed by atoms with van der Waals surface area (Å²) in [6.45, 7) is 0.812. The summed E-state index contributed by atoms with van der Waals surface area (Å²) in [4.78, 5) is 63.9. The second-order valence-corrected chi connectivity index (χ2v) is 14.6. The van der Waals surface area contributed by atoms with Crippen LogP contribution < -0.4 is 25.4 Å². The van der Waals surface area contributed by atoms with Gasteiger partial charge in [-0.05, 0) is 116 Å². The fourth-order valence-electron chi connectivity index (χ4n) is 7.30. The lowest BCUT2D eigenvalue weighted by molar-refractivity contribution is -0.136. The molecule has 14 heteroatoms. The Bertz CT molecular complexity index is 2000. The molecule has 1 saturated heterocycles. The number of anilines is 2. The van der Waals surface area contributed by atoms with E-state index >= 15 is 0 Å². The third-order valence-electron chi connectivity index (χ3n) is 9.70. The van der Waals surface area contributed by atoms with Gasteiger partial charge in [-0.3, -0.25) is 29.4 Å². The highest BCUT2D eigenvalue weighted by molar-refractivity contribution is 7.90. The van der Waals surface area contributed by atoms with Crippen LogP contribution in [0.1, 0.15) is 81.5 Å². The molecule has 6 amide bonds. The van der Waals surface area contributed by atoms with Gasteiger partial charge in [-0.1, -0.05) is 12.1 Å². The van der Waals surface area contributed by atoms with Gasteiger partial charge in [-0.25, -0.2) is 17.9 Å². The van der Waals surface area contributed by atoms with Crippen molar-refractivity contribution in [2.45, 2.75) is 75.1 Å². The van der Waals surface area contributed by atoms with Crippen molar-refractivity contribution in [2.75, 3.05) is 23.8 Å². The molecule has 3 aromatic rings. The molecular weight excluding hydrogens is 662 g/mol. The van der Waals surface area contributed by atoms with Gasteiger partial charge in [0.1, 0.15) is 11.8 Å². The molecule has 7 rings (SSSR count). The fourth-order valence-corrected chi connectivity index (χ4v) is 8.21. The number of benzene rings is 3. The maximum absolute atomic E-state index is 13.3. The Morgan fingerprint density at radius 3 is 2.30 bits per heavy atom. The number of nitrogens with one attached hydrogen (secondary N) is 4. The predicted molar refractivity (Wildman–Crippen MR) is 183 cm³/mol. The molecule has 0 saturated carbocycles. The first-order chi connectivity index (χ1) is 24.1. The van der Waals surface area contributed by atoms with Crippen molar-refractivity contribution in [1.29, 1.82) is 0 Å². The molecule has 13 nitrogen and oxygen atoms in total. The molecule has 260 valence electrons. The zero-order valence-electron chi connectivity index (χ0n) is 27.3. The summed E-state index contributed by atoms with van der Waals surface area (Å²) in [5.74, 6) is -1.76. The summed E-state index contributed by atoms with van der Waals surface area (Å²) >= 11 is 0. The summed E-state index contributed by atoms with van der Waals surface area (Å²) in [7, 11) is -4.12. The smallest absolute Gasteiger partial charge is 0.333 e. The summed E-state index contributed by atoms with van der Waals surface area (Å²) in [6, 6.07) is 11.2. The zero-order chi connectivity index (χ0) is 35.0. The molecule has 1 fully saturated rings. The van der Waals surface area contributed by atoms with Gasteiger partial charge in [0.2, 0.25) is 11.8 Å². The van der Waals surface area contributed by atoms with Crippen LogP contribution in [-0.4, -0.2) is 62.2 Å². The van der Waals surface area contributed by atoms with Crippen LogP contribution in [0.4, 0.5) is 16.2 Å². The largest absolute Gasteiger partial charge is 0.494 e. The highest BCUT2D eigenvalue weighted by atomic mass is 32.2. The third kappa shape index (κ3) is 6.42. The topological polar surface area (TPSA) is 180 Å². The Morgan fingerprint density at radius 2 is 1.60 bits per heavy atom. The Labute approximate surface area is 289 Å². The molecule has 0 spiro atoms. The van der Waals surface area contributed by atoms with E-state index in [2.05, 4.69) is 26.7 Å². The molecule has 1 unspecified atom stereocenters. The van der Waals surface area contributed by atoms with Crippen molar-refractivity contribution >= 4 is 51.1 Å². The van der Waals surface area contributed by atoms with Crippen molar-refractivity contribution in [1.82, 2.24) is 14.9 Å². The molecule has 2 heterocycles. The van der Waals surface area contributed by atoms with Crippen LogP contribution in [0, 0.1) is 0 Å². The first kappa shape index (κ1) is 33.3. The number of piperidine rings is 1. The average Bonchev–Trinajstić information content (AvgIpc) is 3.82. The number of sulfonamides is 1. The van der Waals surface area contributed by atoms with E-state index < -0.39 is 45.7 Å². The Morgan fingerprint density at radius 1 is 0.880 bits per heavy atom. The van der Waals surface area contributed by atoms with Gasteiger partial charge in [0.25, 0.3) is 21.8 Å². The van der Waals surface area contributed by atoms with Crippen LogP contribution in [0.15, 0.2) is 53.4 Å². The standard InChI is InChI=1S/C36H37N5O8S/c42-30-17-16-29(33(43)38-30)41-34(44)27-10-5-11-28(31(27)35(41)45)37-18-1-2-19-49-23-12-14-24(15-13-23)50(47,48)40-36(46)39-32-25-8-3-6-21(25)20-22-7-4-9-26(22)32/h5,10-15,20,29,37H,1-4,6-9,16-19H2,(H,38,42,43)(H2,39,40,46). The number of amides is 6. The van der Waals surface area contributed by atoms with Crippen LogP contribution >= 0.6 is 0 Å². The Hall–Kier alpha value is -5.24. The molecule has 3 aromatic carbocycles. The monoisotopic (exact) mass is 699 g/mol. The van der Waals surface area contributed by atoms with Gasteiger partial charge in [-0.15, -0.1) is 0 Å². The number of carbonyl (C=O) groups excluding carboxylic acids is 5. The maximum atomic E-state index is 13.3. The zero-order valence-corrected chi connectivity index (χ0v) is 28.1. The lowest BCUT2D eigenvalue weighted by Crippen LogP contribution is -2.54. The SMILES string of the molecule is O=C1CCC(N2C(=O)c3cccc(NCCCCOc4ccc(S(=O)(=O)NC(=O)Nc5c6c(cc7c5CCC7)CCC6)cc4)c3C2=O)C(=O)N1. The van der Waals surface area contributed by atoms with Crippen molar-refractivity contribution in [3.8, 4) is 5.75 Å². The molecular formula is C36H37N5O8S. The number of aryl methyl sites for hydroxylation is 2. The predicted octanol–water partition coefficient (Wildman–Crippen LogP) is 3.85. The van der Waals surface area contributed by atoms with Crippen molar-refractivity contribution < 1.29 is 37.1 Å². The number of rotatable bonds is 11. The number of ether oxygens (including phenoxy) is 1. The highest BCUT2D eigenvalue weighted by Crippen LogP contribution is 2.39. The number of urea groups is 1. The van der Waals surface area contributed by atoms with Gasteiger partial charge in [0, 0.05) is 24.3 Å². The normalized spacial score (nSPS) is 18.0. The maximum Gasteiger partial charge on any atom is 0.333 e. The van der Waals surface area contributed by atoms with Crippen LogP contribution in [0.25, 0.3) is 0 Å². The van der Waals surface area contributed by atoms with E-state index in [4.69, 9.17) is 4.74 Å². The summed E-state index contributed by atoms with van der Waals surface area (Å²) in [5.41, 5.74) is 6.37. The van der Waals surface area contributed by atoms with Crippen molar-refractivity contribution in [3.63, 3.8) is 0 Å². The van der Waals surface area contributed by atoms with E-state index in [0.29, 0.717) is 37.4 Å². The number of hydrogen-bond acceptors (Lipinski definition) is 9. The fraction of sp³-hybridized carbons (Fsp3) is 0.361. The van der Waals surface area contributed by atoms with Crippen LogP contribution in [0.3, 0.4) is 0 Å². The third-order valence-corrected chi connectivity index (χ3v) is 11.0. The van der Waals surface area contributed by atoms with Gasteiger partial charge in [-0.2, -0.15) is 0 Å². The quantitative estimate of drug-likeness (QED) is 0.171. The van der Waals surface area contributed by atoms with E-state index in [-0.39, 0.29) is 28.9 Å². The summed E-state index contributed by atoms with van der Waals surface area (Å²) in [5, 5.41) is 8.25. The van der Waals surface area contributed by atoms with Gasteiger partial charge < -0.3 is 15.4 Å². The van der Waals surface area contributed by atoms with Gasteiger partial charge >= 0.3 is 6.03 Å². The van der Waals surface area contributed by atoms with E-state index in [9.17, 15) is 32.4 Å². The van der Waals surface area contributed by atoms with Crippen LogP contribution in [0.5, 0.6) is 5.75 Å². The number of hydrogen-bond donors (Lipinski definition) is 4. The van der Waals surface area contributed by atoms with E-state index in [0.717, 1.165) is 60.2 Å². The second-order valence-electron chi connectivity index (χ2n) is 12.9. The lowest BCUT2D eigenvalue weighted by atomic mass is 9.99. The van der Waals surface area contributed by atoms with Crippen LogP contribution in [-0.2, 0) is 45.3 Å². The lowest BCUT2D eigenvalue weighted by Gasteiger charge is -2.27. The van der Waals surface area contributed by atoms with Gasteiger partial charge in [0.15, 0.2) is 0 Å². The van der Waals surface area contributed by atoms with E-state index in [1.54, 1.807) is 18.2 Å². The van der Waals surface area contributed by atoms with Gasteiger partial charge in [0.05, 0.1) is 22.6 Å². The molecule has 4 N–H and O–H groups in total. The summed E-state index contributed by atoms with van der Waals surface area (Å²) in [6.07, 6.45) is 7.14. The minimum Gasteiger partial charge on any atom is -0.494 e. The highest BCUT2D eigenvalue weighted by Gasteiger charge is 2.45. The second kappa shape index (κ2) is 13.6. The first-order valence-corrected chi connectivity index (χ1v) is 18.4. The Balaban J connectivity index is 0.880. The molecule has 0 aromatic heterocycles. The average molecular weight is 700 g/mol. The molecule has 50 heavy (non-hydrogen) atoms. The minimum atomic E-state index is -4.12. The number of carbonyl (C=O) groups is 5. The molecule has 0 radical (unpaired) electrons. The molecule has 2 aliphatic carbocycles. The Kier molecular flexibility index (Phi) is 9.03. The number of nitrogens with zero attached hydrogens (tertiary/aromatic N) is 1. The number of fused-ring (bicyclic) bond motifs is 3. The molecule has 0 bridgehead atoms. The molecule has 2 aliphatic heterocycles. The summed E-state index contributed by atoms with van der Waals surface area (Å²) < 4.78 is 33.9. The first-order valence-electron chi connectivity index (χ1n) is 16.9. The molecule has 4 aliphatic rings. The van der Waals surface area contributed by atoms with Crippen LogP contribution in [0.2, 0.25) is 0 Å². The van der Waals surface area contributed by atoms with E-state index in [1.807, 2.05) is 0 Å². The minimum absolute atomic E-state index is 0.0494. The van der Waals surface area contributed by atoms with E-state index in [1.165, 1.54) is 35.4 Å². The van der Waals surface area contributed by atoms with Crippen molar-refractivity contribution in [2.24, 2.45) is 0 Å². The molecule has 1 atom stereocenters. The van der Waals surface area contributed by atoms with Crippen molar-refractivity contribution in [3.05, 3.63) is 81.9 Å². The number of imide groups is 2. The number of unbranched alkanes of at least 4 members (excludes halogenated alkanes) is 1.